The fraction of sp³-hybridized carbons (Fsp3) is 1.00. The zero-order chi connectivity index (χ0) is 13.8. The maximum atomic E-state index is 12.3. The molecule has 1 N–H and O–H groups in total. The Kier molecular flexibility index (Phi) is 6.04. The number of likely N-dealkylation sites (N-methyl/N-ethyl adjacent to an activating group) is 2. The van der Waals surface area contributed by atoms with Gasteiger partial charge in [0.25, 0.3) is 0 Å². The minimum absolute atomic E-state index is 0.0240. The molecule has 6 heteroatoms. The van der Waals surface area contributed by atoms with Crippen LogP contribution in [0.3, 0.4) is 0 Å². The van der Waals surface area contributed by atoms with Gasteiger partial charge in [-0.15, -0.1) is 0 Å². The van der Waals surface area contributed by atoms with Crippen LogP contribution in [0.2, 0.25) is 0 Å². The molecule has 0 heterocycles. The highest BCUT2D eigenvalue weighted by molar-refractivity contribution is 7.89. The third kappa shape index (κ3) is 5.22. The van der Waals surface area contributed by atoms with E-state index in [0.29, 0.717) is 19.1 Å². The second-order valence-electron chi connectivity index (χ2n) is 5.36. The highest BCUT2D eigenvalue weighted by Crippen LogP contribution is 2.18. The van der Waals surface area contributed by atoms with Gasteiger partial charge < -0.3 is 10.2 Å². The Bertz CT molecular complexity index is 339. The summed E-state index contributed by atoms with van der Waals surface area (Å²) < 4.78 is 26.1. The molecule has 1 unspecified atom stereocenters. The summed E-state index contributed by atoms with van der Waals surface area (Å²) in [6.45, 7) is 5.73. The monoisotopic (exact) mass is 277 g/mol. The van der Waals surface area contributed by atoms with Crippen LogP contribution in [0.25, 0.3) is 0 Å². The molecule has 0 saturated heterocycles. The van der Waals surface area contributed by atoms with E-state index in [1.165, 1.54) is 12.8 Å². The summed E-state index contributed by atoms with van der Waals surface area (Å²) >= 11 is 0. The lowest BCUT2D eigenvalue weighted by atomic mass is 10.3. The molecule has 18 heavy (non-hydrogen) atoms. The van der Waals surface area contributed by atoms with Crippen LogP contribution in [0.15, 0.2) is 0 Å². The molecule has 1 aliphatic carbocycles. The first-order valence-electron chi connectivity index (χ1n) is 6.74. The van der Waals surface area contributed by atoms with E-state index >= 15 is 0 Å². The summed E-state index contributed by atoms with van der Waals surface area (Å²) in [5.41, 5.74) is 0. The summed E-state index contributed by atoms with van der Waals surface area (Å²) in [4.78, 5) is 2.02. The van der Waals surface area contributed by atoms with Gasteiger partial charge in [-0.25, -0.2) is 8.42 Å². The lowest BCUT2D eigenvalue weighted by Crippen LogP contribution is -2.45. The lowest BCUT2D eigenvalue weighted by Gasteiger charge is -2.29. The van der Waals surface area contributed by atoms with Crippen LogP contribution in [0.5, 0.6) is 0 Å². The number of hydrogen-bond donors (Lipinski definition) is 1. The minimum Gasteiger partial charge on any atom is -0.313 e. The first-order valence-corrected chi connectivity index (χ1v) is 8.35. The lowest BCUT2D eigenvalue weighted by molar-refractivity contribution is 0.271. The van der Waals surface area contributed by atoms with Crippen molar-refractivity contribution >= 4 is 10.0 Å². The summed E-state index contributed by atoms with van der Waals surface area (Å²) in [5, 5.41) is 3.26. The molecule has 0 amide bonds. The van der Waals surface area contributed by atoms with Crippen LogP contribution in [0.4, 0.5) is 0 Å². The molecule has 0 aromatic heterocycles. The van der Waals surface area contributed by atoms with Gasteiger partial charge in [-0.05, 0) is 33.9 Å². The Morgan fingerprint density at radius 1 is 1.33 bits per heavy atom. The molecule has 0 spiro atoms. The van der Waals surface area contributed by atoms with E-state index in [0.717, 1.165) is 6.54 Å². The van der Waals surface area contributed by atoms with Crippen LogP contribution in [-0.4, -0.2) is 69.2 Å². The van der Waals surface area contributed by atoms with Gasteiger partial charge in [0, 0.05) is 31.7 Å². The first kappa shape index (κ1) is 15.9. The SMILES string of the molecule is CCN(C(C)CN(C)C)S(=O)(=O)CCNC1CC1. The van der Waals surface area contributed by atoms with Crippen LogP contribution >= 0.6 is 0 Å². The first-order chi connectivity index (χ1) is 8.36. The quantitative estimate of drug-likeness (QED) is 0.660. The molecule has 1 fully saturated rings. The molecule has 108 valence electrons. The number of nitrogens with one attached hydrogen (secondary N) is 1. The van der Waals surface area contributed by atoms with Gasteiger partial charge in [0.1, 0.15) is 0 Å². The van der Waals surface area contributed by atoms with Gasteiger partial charge in [0.2, 0.25) is 10.0 Å². The molecular weight excluding hydrogens is 250 g/mol. The number of sulfonamides is 1. The summed E-state index contributed by atoms with van der Waals surface area (Å²) in [5.74, 6) is 0.203. The Hall–Kier alpha value is -0.170. The van der Waals surface area contributed by atoms with Crippen molar-refractivity contribution < 1.29 is 8.42 Å². The molecule has 1 rings (SSSR count). The molecule has 0 aromatic carbocycles. The third-order valence-electron chi connectivity index (χ3n) is 3.16. The predicted octanol–water partition coefficient (Wildman–Crippen LogP) is 0.340. The van der Waals surface area contributed by atoms with E-state index in [2.05, 4.69) is 5.32 Å². The molecule has 1 saturated carbocycles. The van der Waals surface area contributed by atoms with Crippen molar-refractivity contribution in [2.45, 2.75) is 38.8 Å². The predicted molar refractivity (Wildman–Crippen MR) is 75.2 cm³/mol. The fourth-order valence-corrected chi connectivity index (χ4v) is 3.82. The Labute approximate surface area is 112 Å². The number of rotatable bonds is 9. The van der Waals surface area contributed by atoms with Crippen molar-refractivity contribution in [2.24, 2.45) is 0 Å². The van der Waals surface area contributed by atoms with Crippen molar-refractivity contribution in [3.63, 3.8) is 0 Å². The zero-order valence-electron chi connectivity index (χ0n) is 12.0. The van der Waals surface area contributed by atoms with E-state index < -0.39 is 10.0 Å². The van der Waals surface area contributed by atoms with Crippen molar-refractivity contribution in [1.29, 1.82) is 0 Å². The van der Waals surface area contributed by atoms with Crippen molar-refractivity contribution in [2.75, 3.05) is 39.5 Å². The second-order valence-corrected chi connectivity index (χ2v) is 7.40. The average Bonchev–Trinajstić information content (AvgIpc) is 3.00. The van der Waals surface area contributed by atoms with E-state index in [9.17, 15) is 8.42 Å². The van der Waals surface area contributed by atoms with Crippen LogP contribution in [-0.2, 0) is 10.0 Å². The summed E-state index contributed by atoms with van der Waals surface area (Å²) in [6.07, 6.45) is 2.38. The van der Waals surface area contributed by atoms with Gasteiger partial charge in [0.15, 0.2) is 0 Å². The Balaban J connectivity index is 2.48. The maximum Gasteiger partial charge on any atom is 0.215 e. The van der Waals surface area contributed by atoms with E-state index in [1.807, 2.05) is 32.8 Å². The minimum atomic E-state index is -3.14. The van der Waals surface area contributed by atoms with E-state index in [4.69, 9.17) is 0 Å². The highest BCUT2D eigenvalue weighted by atomic mass is 32.2. The van der Waals surface area contributed by atoms with Crippen molar-refractivity contribution in [1.82, 2.24) is 14.5 Å². The number of nitrogens with zero attached hydrogens (tertiary/aromatic N) is 2. The number of hydrogen-bond acceptors (Lipinski definition) is 4. The molecule has 0 bridgehead atoms. The van der Waals surface area contributed by atoms with Crippen molar-refractivity contribution in [3.8, 4) is 0 Å². The van der Waals surface area contributed by atoms with E-state index in [-0.39, 0.29) is 11.8 Å². The molecule has 5 nitrogen and oxygen atoms in total. The molecule has 0 radical (unpaired) electrons. The fourth-order valence-electron chi connectivity index (χ4n) is 2.20. The van der Waals surface area contributed by atoms with Gasteiger partial charge in [-0.3, -0.25) is 0 Å². The molecular formula is C12H27N3O2S. The van der Waals surface area contributed by atoms with Gasteiger partial charge in [-0.1, -0.05) is 6.92 Å². The summed E-state index contributed by atoms with van der Waals surface area (Å²) in [6, 6.07) is 0.588. The van der Waals surface area contributed by atoms with Crippen LogP contribution < -0.4 is 5.32 Å². The van der Waals surface area contributed by atoms with Crippen LogP contribution in [0, 0.1) is 0 Å². The van der Waals surface area contributed by atoms with Crippen LogP contribution in [0.1, 0.15) is 26.7 Å². The molecule has 0 aromatic rings. The average molecular weight is 277 g/mol. The van der Waals surface area contributed by atoms with Gasteiger partial charge >= 0.3 is 0 Å². The summed E-state index contributed by atoms with van der Waals surface area (Å²) in [7, 11) is 0.787. The smallest absolute Gasteiger partial charge is 0.215 e. The van der Waals surface area contributed by atoms with Crippen molar-refractivity contribution in [3.05, 3.63) is 0 Å². The zero-order valence-corrected chi connectivity index (χ0v) is 12.8. The topological polar surface area (TPSA) is 52.7 Å². The third-order valence-corrected chi connectivity index (χ3v) is 5.21. The largest absolute Gasteiger partial charge is 0.313 e. The normalized spacial score (nSPS) is 18.6. The standard InChI is InChI=1S/C12H27N3O2S/c1-5-15(11(2)10-14(3)4)18(16,17)9-8-13-12-6-7-12/h11-13H,5-10H2,1-4H3. The Morgan fingerprint density at radius 3 is 2.39 bits per heavy atom. The molecule has 1 atom stereocenters. The molecule has 1 aliphatic rings. The second kappa shape index (κ2) is 6.84. The van der Waals surface area contributed by atoms with Gasteiger partial charge in [-0.2, -0.15) is 4.31 Å². The molecule has 0 aliphatic heterocycles. The van der Waals surface area contributed by atoms with E-state index in [1.54, 1.807) is 4.31 Å². The maximum absolute atomic E-state index is 12.3. The highest BCUT2D eigenvalue weighted by Gasteiger charge is 2.27. The van der Waals surface area contributed by atoms with Gasteiger partial charge in [0.05, 0.1) is 5.75 Å². The Morgan fingerprint density at radius 2 is 1.94 bits per heavy atom.